The Labute approximate surface area is 193 Å². The van der Waals surface area contributed by atoms with Crippen LogP contribution in [0.25, 0.3) is 0 Å². The molecule has 1 N–H and O–H groups in total. The van der Waals surface area contributed by atoms with Crippen LogP contribution in [-0.2, 0) is 15.5 Å². The molecule has 33 heavy (non-hydrogen) atoms. The number of rotatable bonds is 5. The van der Waals surface area contributed by atoms with Gasteiger partial charge in [-0.1, -0.05) is 18.2 Å². The molecule has 1 saturated carbocycles. The van der Waals surface area contributed by atoms with Crippen molar-refractivity contribution in [1.82, 2.24) is 5.32 Å². The van der Waals surface area contributed by atoms with Gasteiger partial charge in [0, 0.05) is 5.56 Å². The molecule has 0 radical (unpaired) electrons. The number of benzene rings is 2. The lowest BCUT2D eigenvalue weighted by molar-refractivity contribution is -0.137. The maximum absolute atomic E-state index is 13.1. The van der Waals surface area contributed by atoms with Crippen molar-refractivity contribution in [1.29, 1.82) is 0 Å². The molecule has 8 heteroatoms. The van der Waals surface area contributed by atoms with Gasteiger partial charge >= 0.3 is 13.3 Å². The van der Waals surface area contributed by atoms with E-state index in [9.17, 15) is 18.0 Å². The summed E-state index contributed by atoms with van der Waals surface area (Å²) in [6.45, 7) is 9.60. The number of amides is 1. The first-order valence-electron chi connectivity index (χ1n) is 11.3. The van der Waals surface area contributed by atoms with Gasteiger partial charge < -0.3 is 14.6 Å². The maximum Gasteiger partial charge on any atom is 0.495 e. The fourth-order valence-corrected chi connectivity index (χ4v) is 4.00. The van der Waals surface area contributed by atoms with Crippen LogP contribution in [0.15, 0.2) is 42.5 Å². The highest BCUT2D eigenvalue weighted by atomic mass is 19.4. The summed E-state index contributed by atoms with van der Waals surface area (Å²) >= 11 is 0. The van der Waals surface area contributed by atoms with Crippen LogP contribution in [0, 0.1) is 0 Å². The van der Waals surface area contributed by atoms with Gasteiger partial charge in [0.1, 0.15) is 0 Å². The first kappa shape index (κ1) is 23.8. The van der Waals surface area contributed by atoms with Gasteiger partial charge in [-0.3, -0.25) is 4.79 Å². The van der Waals surface area contributed by atoms with Crippen molar-refractivity contribution in [3.63, 3.8) is 0 Å². The molecule has 4 nitrogen and oxygen atoms in total. The third-order valence-corrected chi connectivity index (χ3v) is 6.93. The molecule has 1 atom stereocenters. The Morgan fingerprint density at radius 2 is 1.70 bits per heavy atom. The maximum atomic E-state index is 13.1. The molecule has 0 unspecified atom stereocenters. The molecular formula is C25H29BF3NO3. The highest BCUT2D eigenvalue weighted by Crippen LogP contribution is 2.42. The number of hydrogen-bond acceptors (Lipinski definition) is 3. The number of nitrogens with one attached hydrogen (secondary N) is 1. The van der Waals surface area contributed by atoms with Crippen LogP contribution in [0.5, 0.6) is 0 Å². The van der Waals surface area contributed by atoms with Gasteiger partial charge in [0.25, 0.3) is 5.91 Å². The van der Waals surface area contributed by atoms with E-state index in [1.165, 1.54) is 6.07 Å². The Bertz CT molecular complexity index is 1050. The summed E-state index contributed by atoms with van der Waals surface area (Å²) in [5, 5.41) is 2.82. The SMILES string of the molecule is C[C@H](NC(=O)c1ccc(C2CC2)c(B2OC(C)(C)C(C)(C)O2)c1)c1cccc(C(F)(F)F)c1. The van der Waals surface area contributed by atoms with Crippen molar-refractivity contribution < 1.29 is 27.3 Å². The van der Waals surface area contributed by atoms with Crippen molar-refractivity contribution in [2.24, 2.45) is 0 Å². The van der Waals surface area contributed by atoms with Crippen LogP contribution in [0.2, 0.25) is 0 Å². The van der Waals surface area contributed by atoms with Crippen LogP contribution in [0.4, 0.5) is 13.2 Å². The number of carbonyl (C=O) groups is 1. The lowest BCUT2D eigenvalue weighted by atomic mass is 9.74. The summed E-state index contributed by atoms with van der Waals surface area (Å²) in [5.41, 5.74) is 1.02. The van der Waals surface area contributed by atoms with Gasteiger partial charge in [0.05, 0.1) is 22.8 Å². The first-order valence-corrected chi connectivity index (χ1v) is 11.3. The van der Waals surface area contributed by atoms with Crippen molar-refractivity contribution in [2.75, 3.05) is 0 Å². The van der Waals surface area contributed by atoms with Gasteiger partial charge in [-0.2, -0.15) is 13.2 Å². The van der Waals surface area contributed by atoms with Gasteiger partial charge in [0.15, 0.2) is 0 Å². The van der Waals surface area contributed by atoms with Gasteiger partial charge in [-0.15, -0.1) is 0 Å². The van der Waals surface area contributed by atoms with Gasteiger partial charge in [0.2, 0.25) is 0 Å². The minimum absolute atomic E-state index is 0.361. The molecule has 2 fully saturated rings. The Morgan fingerprint density at radius 3 is 2.27 bits per heavy atom. The lowest BCUT2D eigenvalue weighted by Crippen LogP contribution is -2.41. The average molecular weight is 459 g/mol. The van der Waals surface area contributed by atoms with Crippen molar-refractivity contribution in [2.45, 2.75) is 76.8 Å². The van der Waals surface area contributed by atoms with Crippen molar-refractivity contribution in [3.05, 3.63) is 64.7 Å². The molecular weight excluding hydrogens is 430 g/mol. The first-order chi connectivity index (χ1) is 15.3. The zero-order chi connectivity index (χ0) is 24.2. The minimum atomic E-state index is -4.43. The molecule has 1 amide bonds. The molecule has 1 aliphatic carbocycles. The fourth-order valence-electron chi connectivity index (χ4n) is 4.00. The highest BCUT2D eigenvalue weighted by Gasteiger charge is 2.52. The van der Waals surface area contributed by atoms with Crippen LogP contribution in [0.1, 0.15) is 86.5 Å². The van der Waals surface area contributed by atoms with Crippen LogP contribution >= 0.6 is 0 Å². The predicted molar refractivity (Wildman–Crippen MR) is 121 cm³/mol. The summed E-state index contributed by atoms with van der Waals surface area (Å²) in [5.74, 6) is 0.0696. The summed E-state index contributed by atoms with van der Waals surface area (Å²) in [4.78, 5) is 13.0. The molecule has 0 aromatic heterocycles. The van der Waals surface area contributed by atoms with E-state index in [0.717, 1.165) is 36.0 Å². The second kappa shape index (κ2) is 8.17. The minimum Gasteiger partial charge on any atom is -0.399 e. The van der Waals surface area contributed by atoms with E-state index in [2.05, 4.69) is 5.32 Å². The Balaban J connectivity index is 1.57. The zero-order valence-corrected chi connectivity index (χ0v) is 19.5. The largest absolute Gasteiger partial charge is 0.495 e. The number of alkyl halides is 3. The van der Waals surface area contributed by atoms with E-state index in [-0.39, 0.29) is 5.91 Å². The normalized spacial score (nSPS) is 20.5. The molecule has 1 heterocycles. The Hall–Kier alpha value is -2.32. The second-order valence-electron chi connectivity index (χ2n) is 10.0. The van der Waals surface area contributed by atoms with Crippen LogP contribution < -0.4 is 10.8 Å². The smallest absolute Gasteiger partial charge is 0.399 e. The molecule has 1 saturated heterocycles. The molecule has 0 bridgehead atoms. The van der Waals surface area contributed by atoms with Gasteiger partial charge in [-0.05, 0) is 94.2 Å². The van der Waals surface area contributed by atoms with E-state index >= 15 is 0 Å². The van der Waals surface area contributed by atoms with Crippen LogP contribution in [0.3, 0.4) is 0 Å². The molecule has 4 rings (SSSR count). The van der Waals surface area contributed by atoms with E-state index in [1.807, 2.05) is 33.8 Å². The molecule has 2 aromatic carbocycles. The summed E-state index contributed by atoms with van der Waals surface area (Å²) in [6, 6.07) is 9.92. The van der Waals surface area contributed by atoms with E-state index in [1.54, 1.807) is 25.1 Å². The number of carbonyl (C=O) groups excluding carboxylic acids is 1. The summed E-state index contributed by atoms with van der Waals surface area (Å²) in [6.07, 6.45) is -2.26. The van der Waals surface area contributed by atoms with E-state index < -0.39 is 36.1 Å². The number of hydrogen-bond donors (Lipinski definition) is 1. The topological polar surface area (TPSA) is 47.6 Å². The Morgan fingerprint density at radius 1 is 1.06 bits per heavy atom. The molecule has 176 valence electrons. The van der Waals surface area contributed by atoms with E-state index in [0.29, 0.717) is 17.0 Å². The predicted octanol–water partition coefficient (Wildman–Crippen LogP) is 5.37. The average Bonchev–Trinajstić information content (AvgIpc) is 3.54. The standard InChI is InChI=1S/C25H29BF3NO3/c1-15(17-7-6-8-19(13-17)25(27,28)29)30-22(31)18-11-12-20(16-9-10-16)21(14-18)26-32-23(2,3)24(4,5)33-26/h6-8,11-16H,9-10H2,1-5H3,(H,30,31)/t15-/m0/s1. The molecule has 2 aliphatic rings. The van der Waals surface area contributed by atoms with Crippen molar-refractivity contribution >= 4 is 18.5 Å². The van der Waals surface area contributed by atoms with Crippen LogP contribution in [-0.4, -0.2) is 24.2 Å². The lowest BCUT2D eigenvalue weighted by Gasteiger charge is -2.32. The summed E-state index contributed by atoms with van der Waals surface area (Å²) < 4.78 is 51.6. The quantitative estimate of drug-likeness (QED) is 0.612. The number of halogens is 3. The third kappa shape index (κ3) is 4.82. The van der Waals surface area contributed by atoms with E-state index in [4.69, 9.17) is 9.31 Å². The van der Waals surface area contributed by atoms with Gasteiger partial charge in [-0.25, -0.2) is 0 Å². The molecule has 2 aromatic rings. The molecule has 0 spiro atoms. The van der Waals surface area contributed by atoms with Crippen molar-refractivity contribution in [3.8, 4) is 0 Å². The fraction of sp³-hybridized carbons (Fsp3) is 0.480. The second-order valence-corrected chi connectivity index (χ2v) is 10.0. The molecule has 1 aliphatic heterocycles. The highest BCUT2D eigenvalue weighted by molar-refractivity contribution is 6.62. The monoisotopic (exact) mass is 459 g/mol. The zero-order valence-electron chi connectivity index (χ0n) is 19.5. The third-order valence-electron chi connectivity index (χ3n) is 6.93. The summed E-state index contributed by atoms with van der Waals surface area (Å²) in [7, 11) is -0.584. The Kier molecular flexibility index (Phi) is 5.90.